The van der Waals surface area contributed by atoms with Gasteiger partial charge in [-0.15, -0.1) is 10.2 Å². The van der Waals surface area contributed by atoms with Gasteiger partial charge in [0.25, 0.3) is 0 Å². The molecule has 2 heterocycles. The molecule has 176 valence electrons. The minimum Gasteiger partial charge on any atom is -0.379 e. The fourth-order valence-corrected chi connectivity index (χ4v) is 4.12. The Hall–Kier alpha value is -2.45. The van der Waals surface area contributed by atoms with Gasteiger partial charge in [0, 0.05) is 45.2 Å². The van der Waals surface area contributed by atoms with E-state index in [0.29, 0.717) is 6.54 Å². The highest BCUT2D eigenvalue weighted by molar-refractivity contribution is 5.79. The van der Waals surface area contributed by atoms with E-state index in [2.05, 4.69) is 69.9 Å². The van der Waals surface area contributed by atoms with Crippen LogP contribution in [-0.2, 0) is 23.7 Å². The normalized spacial score (nSPS) is 15.7. The van der Waals surface area contributed by atoms with Crippen LogP contribution in [0.4, 0.5) is 0 Å². The van der Waals surface area contributed by atoms with Gasteiger partial charge in [-0.25, -0.2) is 4.99 Å². The van der Waals surface area contributed by atoms with E-state index in [0.717, 1.165) is 76.4 Å². The molecule has 0 saturated carbocycles. The second-order valence-electron chi connectivity index (χ2n) is 8.48. The molecule has 0 amide bonds. The van der Waals surface area contributed by atoms with Crippen molar-refractivity contribution in [2.45, 2.75) is 45.6 Å². The maximum atomic E-state index is 5.46. The Bertz CT molecular complexity index is 839. The molecule has 0 bridgehead atoms. The van der Waals surface area contributed by atoms with Gasteiger partial charge in [0.1, 0.15) is 12.4 Å². The van der Waals surface area contributed by atoms with Crippen LogP contribution in [0.3, 0.4) is 0 Å². The van der Waals surface area contributed by atoms with Crippen molar-refractivity contribution in [1.82, 2.24) is 30.3 Å². The molecule has 1 aromatic carbocycles. The number of hydrogen-bond acceptors (Lipinski definition) is 5. The van der Waals surface area contributed by atoms with Crippen molar-refractivity contribution in [3.63, 3.8) is 0 Å². The predicted molar refractivity (Wildman–Crippen MR) is 129 cm³/mol. The summed E-state index contributed by atoms with van der Waals surface area (Å²) in [7, 11) is 1.98. The summed E-state index contributed by atoms with van der Waals surface area (Å²) in [6.07, 6.45) is 2.12. The highest BCUT2D eigenvalue weighted by Gasteiger charge is 2.28. The monoisotopic (exact) mass is 441 g/mol. The Morgan fingerprint density at radius 1 is 1.09 bits per heavy atom. The van der Waals surface area contributed by atoms with E-state index in [1.165, 1.54) is 5.56 Å². The lowest BCUT2D eigenvalue weighted by atomic mass is 9.76. The summed E-state index contributed by atoms with van der Waals surface area (Å²) >= 11 is 0. The molecular weight excluding hydrogens is 402 g/mol. The van der Waals surface area contributed by atoms with Crippen LogP contribution in [0.25, 0.3) is 0 Å². The van der Waals surface area contributed by atoms with Gasteiger partial charge in [-0.2, -0.15) is 0 Å². The third kappa shape index (κ3) is 6.29. The van der Waals surface area contributed by atoms with Crippen LogP contribution in [0, 0.1) is 6.92 Å². The van der Waals surface area contributed by atoms with E-state index < -0.39 is 0 Å². The minimum atomic E-state index is 0.0648. The van der Waals surface area contributed by atoms with Gasteiger partial charge < -0.3 is 19.9 Å². The van der Waals surface area contributed by atoms with Crippen LogP contribution in [0.2, 0.25) is 0 Å². The van der Waals surface area contributed by atoms with Gasteiger partial charge in [0.05, 0.1) is 13.2 Å². The molecule has 2 N–H and O–H groups in total. The van der Waals surface area contributed by atoms with Crippen LogP contribution < -0.4 is 10.6 Å². The zero-order valence-corrected chi connectivity index (χ0v) is 20.1. The zero-order valence-electron chi connectivity index (χ0n) is 20.1. The van der Waals surface area contributed by atoms with Gasteiger partial charge in [0.15, 0.2) is 11.8 Å². The Balaban J connectivity index is 1.68. The van der Waals surface area contributed by atoms with E-state index in [-0.39, 0.29) is 5.41 Å². The van der Waals surface area contributed by atoms with Crippen molar-refractivity contribution < 1.29 is 4.74 Å². The molecule has 8 nitrogen and oxygen atoms in total. The average Bonchev–Trinajstić information content (AvgIpc) is 3.16. The lowest BCUT2D eigenvalue weighted by Gasteiger charge is -2.33. The molecule has 0 aliphatic carbocycles. The summed E-state index contributed by atoms with van der Waals surface area (Å²) < 4.78 is 7.44. The Morgan fingerprint density at radius 2 is 1.81 bits per heavy atom. The number of aromatic nitrogens is 3. The first kappa shape index (κ1) is 24.2. The zero-order chi connectivity index (χ0) is 22.8. The number of nitrogens with zero attached hydrogens (tertiary/aromatic N) is 5. The van der Waals surface area contributed by atoms with E-state index in [4.69, 9.17) is 9.73 Å². The van der Waals surface area contributed by atoms with Crippen molar-refractivity contribution in [2.24, 2.45) is 12.0 Å². The largest absolute Gasteiger partial charge is 0.379 e. The van der Waals surface area contributed by atoms with Crippen molar-refractivity contribution in [3.8, 4) is 0 Å². The van der Waals surface area contributed by atoms with Crippen LogP contribution in [0.1, 0.15) is 43.9 Å². The predicted octanol–water partition coefficient (Wildman–Crippen LogP) is 2.25. The van der Waals surface area contributed by atoms with Gasteiger partial charge in [-0.05, 0) is 25.3 Å². The minimum absolute atomic E-state index is 0.0648. The lowest BCUT2D eigenvalue weighted by molar-refractivity contribution is 0.0389. The molecule has 0 unspecified atom stereocenters. The van der Waals surface area contributed by atoms with E-state index in [1.54, 1.807) is 0 Å². The van der Waals surface area contributed by atoms with Crippen molar-refractivity contribution in [3.05, 3.63) is 47.5 Å². The molecule has 0 atom stereocenters. The Morgan fingerprint density at radius 3 is 2.44 bits per heavy atom. The SMILES string of the molecule is CCC(CC)(CNC(=NCc1nnc(C)n1C)NCCN1CCOCC1)c1ccccc1. The summed E-state index contributed by atoms with van der Waals surface area (Å²) in [5, 5.41) is 15.6. The maximum Gasteiger partial charge on any atom is 0.191 e. The van der Waals surface area contributed by atoms with E-state index in [1.807, 2.05) is 18.5 Å². The van der Waals surface area contributed by atoms with Gasteiger partial charge >= 0.3 is 0 Å². The van der Waals surface area contributed by atoms with Crippen LogP contribution in [0.5, 0.6) is 0 Å². The second kappa shape index (κ2) is 12.0. The number of benzene rings is 1. The van der Waals surface area contributed by atoms with E-state index in [9.17, 15) is 0 Å². The number of guanidine groups is 1. The lowest BCUT2D eigenvalue weighted by Crippen LogP contribution is -2.48. The Kier molecular flexibility index (Phi) is 9.05. The number of aryl methyl sites for hydroxylation is 1. The number of hydrogen-bond donors (Lipinski definition) is 2. The van der Waals surface area contributed by atoms with Crippen molar-refractivity contribution in [1.29, 1.82) is 0 Å². The van der Waals surface area contributed by atoms with Gasteiger partial charge in [0.2, 0.25) is 0 Å². The maximum absolute atomic E-state index is 5.46. The smallest absolute Gasteiger partial charge is 0.191 e. The van der Waals surface area contributed by atoms with Crippen molar-refractivity contribution in [2.75, 3.05) is 45.9 Å². The number of aliphatic imine (C=N–C) groups is 1. The number of rotatable bonds is 10. The summed E-state index contributed by atoms with van der Waals surface area (Å²) in [4.78, 5) is 7.27. The molecule has 0 radical (unpaired) electrons. The molecule has 1 aromatic heterocycles. The summed E-state index contributed by atoms with van der Waals surface area (Å²) in [5.41, 5.74) is 1.43. The van der Waals surface area contributed by atoms with Crippen LogP contribution in [-0.4, -0.2) is 71.6 Å². The van der Waals surface area contributed by atoms with Gasteiger partial charge in [-0.3, -0.25) is 4.90 Å². The summed E-state index contributed by atoms with van der Waals surface area (Å²) in [5.74, 6) is 2.57. The average molecular weight is 442 g/mol. The van der Waals surface area contributed by atoms with Gasteiger partial charge in [-0.1, -0.05) is 44.2 Å². The third-order valence-electron chi connectivity index (χ3n) is 6.72. The quantitative estimate of drug-likeness (QED) is 0.435. The number of ether oxygens (including phenoxy) is 1. The molecule has 3 rings (SSSR count). The second-order valence-corrected chi connectivity index (χ2v) is 8.48. The molecule has 1 aliphatic rings. The summed E-state index contributed by atoms with van der Waals surface area (Å²) in [6.45, 7) is 13.2. The Labute approximate surface area is 192 Å². The fourth-order valence-electron chi connectivity index (χ4n) is 4.12. The first-order chi connectivity index (χ1) is 15.6. The molecule has 2 aromatic rings. The first-order valence-electron chi connectivity index (χ1n) is 11.8. The molecule has 0 spiro atoms. The first-order valence-corrected chi connectivity index (χ1v) is 11.8. The molecule has 1 saturated heterocycles. The molecule has 32 heavy (non-hydrogen) atoms. The molecular formula is C24H39N7O. The van der Waals surface area contributed by atoms with Crippen LogP contribution >= 0.6 is 0 Å². The molecule has 1 aliphatic heterocycles. The number of morpholine rings is 1. The molecule has 8 heteroatoms. The van der Waals surface area contributed by atoms with Crippen LogP contribution in [0.15, 0.2) is 35.3 Å². The highest BCUT2D eigenvalue weighted by Crippen LogP contribution is 2.30. The molecule has 1 fully saturated rings. The number of nitrogens with one attached hydrogen (secondary N) is 2. The third-order valence-corrected chi connectivity index (χ3v) is 6.72. The van der Waals surface area contributed by atoms with Crippen molar-refractivity contribution >= 4 is 5.96 Å². The van der Waals surface area contributed by atoms with E-state index >= 15 is 0 Å². The standard InChI is InChI=1S/C24H39N7O/c1-5-24(6-2,21-10-8-7-9-11-21)19-27-23(25-12-13-31-14-16-32-17-15-31)26-18-22-29-28-20(3)30(22)4/h7-11H,5-6,12-19H2,1-4H3,(H2,25,26,27). The topological polar surface area (TPSA) is 79.6 Å². The highest BCUT2D eigenvalue weighted by atomic mass is 16.5. The fraction of sp³-hybridized carbons (Fsp3) is 0.625. The summed E-state index contributed by atoms with van der Waals surface area (Å²) in [6, 6.07) is 10.8.